The molecule has 0 saturated heterocycles. The summed E-state index contributed by atoms with van der Waals surface area (Å²) in [6.45, 7) is 0. The fourth-order valence-corrected chi connectivity index (χ4v) is 1.12. The first-order valence-electron chi connectivity index (χ1n) is 3.10. The lowest BCUT2D eigenvalue weighted by atomic mass is 9.99. The van der Waals surface area contributed by atoms with E-state index in [4.69, 9.17) is 5.73 Å². The Morgan fingerprint density at radius 2 is 2.08 bits per heavy atom. The van der Waals surface area contributed by atoms with E-state index >= 15 is 0 Å². The van der Waals surface area contributed by atoms with Crippen LogP contribution in [0.15, 0.2) is 17.3 Å². The van der Waals surface area contributed by atoms with Crippen LogP contribution in [-0.4, -0.2) is 21.9 Å². The van der Waals surface area contributed by atoms with Gasteiger partial charge in [-0.05, 0) is 6.08 Å². The second kappa shape index (κ2) is 2.99. The second-order valence-electron chi connectivity index (χ2n) is 2.41. The number of alkyl halides is 4. The zero-order valence-electron chi connectivity index (χ0n) is 5.85. The van der Waals surface area contributed by atoms with Gasteiger partial charge in [-0.25, -0.2) is 0 Å². The SMILES string of the molecule is NC1C=NC=CC1(I)C(F)(F)F. The van der Waals surface area contributed by atoms with Crippen LogP contribution < -0.4 is 5.73 Å². The quantitative estimate of drug-likeness (QED) is 0.534. The molecule has 2 nitrogen and oxygen atoms in total. The molecular formula is C6H6F3IN2. The summed E-state index contributed by atoms with van der Waals surface area (Å²) in [6, 6.07) is -1.11. The van der Waals surface area contributed by atoms with E-state index in [1.54, 1.807) is 0 Å². The number of hydrogen-bond acceptors (Lipinski definition) is 2. The number of hydrogen-bond donors (Lipinski definition) is 1. The van der Waals surface area contributed by atoms with E-state index in [0.29, 0.717) is 0 Å². The first kappa shape index (κ1) is 9.97. The lowest BCUT2D eigenvalue weighted by Gasteiger charge is -2.31. The van der Waals surface area contributed by atoms with Crippen LogP contribution >= 0.6 is 22.6 Å². The van der Waals surface area contributed by atoms with Crippen molar-refractivity contribution < 1.29 is 13.2 Å². The number of rotatable bonds is 0. The van der Waals surface area contributed by atoms with Gasteiger partial charge in [-0.3, -0.25) is 4.99 Å². The summed E-state index contributed by atoms with van der Waals surface area (Å²) in [7, 11) is 0. The second-order valence-corrected chi connectivity index (χ2v) is 4.19. The van der Waals surface area contributed by atoms with Crippen molar-refractivity contribution >= 4 is 28.8 Å². The van der Waals surface area contributed by atoms with Gasteiger partial charge in [0.2, 0.25) is 0 Å². The summed E-state index contributed by atoms with van der Waals surface area (Å²) in [5.41, 5.74) is 5.27. The van der Waals surface area contributed by atoms with E-state index in [0.717, 1.165) is 18.5 Å². The standard InChI is InChI=1S/C6H6F3IN2/c7-6(8,9)5(10)1-2-12-3-4(5)11/h1-4H,11H2. The van der Waals surface area contributed by atoms with Gasteiger partial charge in [0.05, 0.1) is 6.04 Å². The monoisotopic (exact) mass is 290 g/mol. The molecule has 1 heterocycles. The van der Waals surface area contributed by atoms with Gasteiger partial charge >= 0.3 is 6.18 Å². The Hall–Kier alpha value is -0.110. The molecule has 0 aliphatic carbocycles. The molecule has 0 spiro atoms. The van der Waals surface area contributed by atoms with E-state index in [1.165, 1.54) is 22.6 Å². The summed E-state index contributed by atoms with van der Waals surface area (Å²) < 4.78 is 35.1. The van der Waals surface area contributed by atoms with Crippen molar-refractivity contribution in [1.82, 2.24) is 0 Å². The van der Waals surface area contributed by atoms with Crippen molar-refractivity contribution in [2.24, 2.45) is 10.7 Å². The van der Waals surface area contributed by atoms with Crippen LogP contribution in [0.25, 0.3) is 0 Å². The maximum Gasteiger partial charge on any atom is 0.408 e. The largest absolute Gasteiger partial charge is 0.408 e. The maximum absolute atomic E-state index is 12.4. The van der Waals surface area contributed by atoms with Gasteiger partial charge in [-0.15, -0.1) is 0 Å². The minimum absolute atomic E-state index is 0.970. The first-order chi connectivity index (χ1) is 5.38. The Kier molecular flexibility index (Phi) is 2.48. The Bertz CT molecular complexity index is 235. The summed E-state index contributed by atoms with van der Waals surface area (Å²) >= 11 is 1.29. The topological polar surface area (TPSA) is 38.4 Å². The van der Waals surface area contributed by atoms with E-state index in [1.807, 2.05) is 0 Å². The minimum Gasteiger partial charge on any atom is -0.322 e. The van der Waals surface area contributed by atoms with Gasteiger partial charge in [0.15, 0.2) is 3.42 Å². The highest BCUT2D eigenvalue weighted by Crippen LogP contribution is 2.42. The van der Waals surface area contributed by atoms with Crippen LogP contribution in [0.1, 0.15) is 0 Å². The Labute approximate surface area is 80.9 Å². The van der Waals surface area contributed by atoms with E-state index < -0.39 is 15.6 Å². The number of aliphatic imine (C=N–C) groups is 1. The minimum atomic E-state index is -4.34. The van der Waals surface area contributed by atoms with E-state index in [2.05, 4.69) is 4.99 Å². The normalized spacial score (nSPS) is 35.6. The molecule has 2 N–H and O–H groups in total. The molecule has 0 radical (unpaired) electrons. The molecular weight excluding hydrogens is 284 g/mol. The van der Waals surface area contributed by atoms with Gasteiger partial charge in [0.25, 0.3) is 0 Å². The molecule has 1 aliphatic heterocycles. The van der Waals surface area contributed by atoms with Crippen molar-refractivity contribution in [3.05, 3.63) is 12.3 Å². The van der Waals surface area contributed by atoms with Gasteiger partial charge in [0, 0.05) is 12.4 Å². The van der Waals surface area contributed by atoms with Gasteiger partial charge in [-0.1, -0.05) is 22.6 Å². The third kappa shape index (κ3) is 1.49. The molecule has 0 aromatic heterocycles. The molecule has 2 unspecified atom stereocenters. The summed E-state index contributed by atoms with van der Waals surface area (Å²) in [4.78, 5) is 3.53. The van der Waals surface area contributed by atoms with Crippen LogP contribution in [0.2, 0.25) is 0 Å². The van der Waals surface area contributed by atoms with Crippen molar-refractivity contribution in [1.29, 1.82) is 0 Å². The lowest BCUT2D eigenvalue weighted by Crippen LogP contribution is -2.53. The van der Waals surface area contributed by atoms with Crippen molar-refractivity contribution in [2.45, 2.75) is 15.6 Å². The molecule has 1 aliphatic rings. The highest BCUT2D eigenvalue weighted by Gasteiger charge is 2.55. The third-order valence-electron chi connectivity index (χ3n) is 1.57. The zero-order chi connectivity index (χ0) is 9.41. The molecule has 12 heavy (non-hydrogen) atoms. The fourth-order valence-electron chi connectivity index (χ4n) is 0.797. The number of halogens is 4. The molecule has 0 saturated carbocycles. The zero-order valence-corrected chi connectivity index (χ0v) is 8.00. The molecule has 0 fully saturated rings. The Morgan fingerprint density at radius 3 is 2.42 bits per heavy atom. The fraction of sp³-hybridized carbons (Fsp3) is 0.500. The van der Waals surface area contributed by atoms with Gasteiger partial charge < -0.3 is 5.73 Å². The van der Waals surface area contributed by atoms with Crippen LogP contribution in [-0.2, 0) is 0 Å². The number of nitrogens with zero attached hydrogens (tertiary/aromatic N) is 1. The molecule has 68 valence electrons. The lowest BCUT2D eigenvalue weighted by molar-refractivity contribution is -0.143. The third-order valence-corrected chi connectivity index (χ3v) is 3.26. The summed E-state index contributed by atoms with van der Waals surface area (Å²) in [6.07, 6.45) is -1.16. The smallest absolute Gasteiger partial charge is 0.322 e. The molecule has 0 bridgehead atoms. The average Bonchev–Trinajstić information content (AvgIpc) is 1.93. The average molecular weight is 290 g/mol. The molecule has 6 heteroatoms. The van der Waals surface area contributed by atoms with Crippen molar-refractivity contribution in [2.75, 3.05) is 0 Å². The van der Waals surface area contributed by atoms with Crippen LogP contribution in [0, 0.1) is 0 Å². The predicted molar refractivity (Wildman–Crippen MR) is 48.4 cm³/mol. The Morgan fingerprint density at radius 1 is 1.50 bits per heavy atom. The van der Waals surface area contributed by atoms with E-state index in [9.17, 15) is 13.2 Å². The molecule has 0 aromatic carbocycles. The van der Waals surface area contributed by atoms with Crippen molar-refractivity contribution in [3.8, 4) is 0 Å². The van der Waals surface area contributed by atoms with Crippen LogP contribution in [0.3, 0.4) is 0 Å². The molecule has 1 rings (SSSR count). The first-order valence-corrected chi connectivity index (χ1v) is 4.18. The van der Waals surface area contributed by atoms with Crippen molar-refractivity contribution in [3.63, 3.8) is 0 Å². The predicted octanol–water partition coefficient (Wildman–Crippen LogP) is 1.65. The van der Waals surface area contributed by atoms with Gasteiger partial charge in [0.1, 0.15) is 0 Å². The Balaban J connectivity index is 2.99. The highest BCUT2D eigenvalue weighted by molar-refractivity contribution is 14.1. The maximum atomic E-state index is 12.4. The van der Waals surface area contributed by atoms with Crippen LogP contribution in [0.5, 0.6) is 0 Å². The summed E-state index contributed by atoms with van der Waals surface area (Å²) in [5.74, 6) is 0. The van der Waals surface area contributed by atoms with Gasteiger partial charge in [-0.2, -0.15) is 13.2 Å². The highest BCUT2D eigenvalue weighted by atomic mass is 127. The summed E-state index contributed by atoms with van der Waals surface area (Å²) in [5, 5.41) is 0. The molecule has 0 amide bonds. The molecule has 2 atom stereocenters. The number of nitrogens with two attached hydrogens (primary N) is 1. The van der Waals surface area contributed by atoms with E-state index in [-0.39, 0.29) is 0 Å². The van der Waals surface area contributed by atoms with Crippen LogP contribution in [0.4, 0.5) is 13.2 Å². The molecule has 0 aromatic rings.